The van der Waals surface area contributed by atoms with E-state index in [0.29, 0.717) is 5.69 Å². The SMILES string of the molecule is O=C(O)c1cc(F)ccc1N1CCN(Cc2ccccc2)CC1. The molecule has 1 aliphatic heterocycles. The highest BCUT2D eigenvalue weighted by molar-refractivity contribution is 5.94. The first-order valence-corrected chi connectivity index (χ1v) is 7.67. The zero-order chi connectivity index (χ0) is 16.2. The van der Waals surface area contributed by atoms with E-state index in [2.05, 4.69) is 17.0 Å². The monoisotopic (exact) mass is 314 g/mol. The maximum absolute atomic E-state index is 13.3. The molecule has 23 heavy (non-hydrogen) atoms. The van der Waals surface area contributed by atoms with Gasteiger partial charge < -0.3 is 10.0 Å². The van der Waals surface area contributed by atoms with Crippen LogP contribution in [0.4, 0.5) is 10.1 Å². The third-order valence-corrected chi connectivity index (χ3v) is 4.15. The summed E-state index contributed by atoms with van der Waals surface area (Å²) in [5.41, 5.74) is 1.90. The van der Waals surface area contributed by atoms with Gasteiger partial charge in [-0.1, -0.05) is 30.3 Å². The zero-order valence-electron chi connectivity index (χ0n) is 12.8. The Bertz CT molecular complexity index is 683. The van der Waals surface area contributed by atoms with Crippen molar-refractivity contribution in [3.8, 4) is 0 Å². The highest BCUT2D eigenvalue weighted by atomic mass is 19.1. The lowest BCUT2D eigenvalue weighted by Gasteiger charge is -2.36. The van der Waals surface area contributed by atoms with Gasteiger partial charge >= 0.3 is 5.97 Å². The van der Waals surface area contributed by atoms with Crippen molar-refractivity contribution >= 4 is 11.7 Å². The van der Waals surface area contributed by atoms with Crippen molar-refractivity contribution in [3.63, 3.8) is 0 Å². The third-order valence-electron chi connectivity index (χ3n) is 4.15. The van der Waals surface area contributed by atoms with Gasteiger partial charge in [0, 0.05) is 32.7 Å². The fourth-order valence-electron chi connectivity index (χ4n) is 2.94. The largest absolute Gasteiger partial charge is 0.478 e. The molecule has 1 heterocycles. The van der Waals surface area contributed by atoms with Gasteiger partial charge in [-0.15, -0.1) is 0 Å². The van der Waals surface area contributed by atoms with Gasteiger partial charge in [0.1, 0.15) is 5.82 Å². The molecule has 2 aromatic carbocycles. The van der Waals surface area contributed by atoms with E-state index >= 15 is 0 Å². The minimum Gasteiger partial charge on any atom is -0.478 e. The number of hydrogen-bond acceptors (Lipinski definition) is 3. The normalized spacial score (nSPS) is 15.6. The maximum Gasteiger partial charge on any atom is 0.337 e. The van der Waals surface area contributed by atoms with Crippen LogP contribution >= 0.6 is 0 Å². The number of halogens is 1. The molecule has 0 amide bonds. The summed E-state index contributed by atoms with van der Waals surface area (Å²) >= 11 is 0. The van der Waals surface area contributed by atoms with Gasteiger partial charge in [-0.05, 0) is 23.8 Å². The maximum atomic E-state index is 13.3. The summed E-state index contributed by atoms with van der Waals surface area (Å²) in [6.45, 7) is 4.07. The number of carboxylic acid groups (broad SMARTS) is 1. The van der Waals surface area contributed by atoms with Gasteiger partial charge in [-0.2, -0.15) is 0 Å². The molecule has 3 rings (SSSR count). The molecule has 0 saturated carbocycles. The van der Waals surface area contributed by atoms with Gasteiger partial charge in [0.15, 0.2) is 0 Å². The number of nitrogens with zero attached hydrogens (tertiary/aromatic N) is 2. The second-order valence-electron chi connectivity index (χ2n) is 5.72. The second kappa shape index (κ2) is 6.79. The zero-order valence-corrected chi connectivity index (χ0v) is 12.8. The Labute approximate surface area is 134 Å². The molecule has 0 radical (unpaired) electrons. The Morgan fingerprint density at radius 1 is 1.04 bits per heavy atom. The molecule has 1 saturated heterocycles. The Morgan fingerprint density at radius 2 is 1.74 bits per heavy atom. The molecule has 120 valence electrons. The average Bonchev–Trinajstić information content (AvgIpc) is 2.56. The number of benzene rings is 2. The minimum atomic E-state index is -1.09. The van der Waals surface area contributed by atoms with Crippen LogP contribution in [0.15, 0.2) is 48.5 Å². The van der Waals surface area contributed by atoms with Crippen LogP contribution < -0.4 is 4.90 Å². The smallest absolute Gasteiger partial charge is 0.337 e. The average molecular weight is 314 g/mol. The fourth-order valence-corrected chi connectivity index (χ4v) is 2.94. The van der Waals surface area contributed by atoms with E-state index in [1.165, 1.54) is 11.6 Å². The predicted molar refractivity (Wildman–Crippen MR) is 87.3 cm³/mol. The molecule has 2 aromatic rings. The Balaban J connectivity index is 1.66. The summed E-state index contributed by atoms with van der Waals surface area (Å²) in [4.78, 5) is 15.7. The van der Waals surface area contributed by atoms with E-state index in [4.69, 9.17) is 0 Å². The summed E-state index contributed by atoms with van der Waals surface area (Å²) in [5.74, 6) is -1.61. The van der Waals surface area contributed by atoms with Gasteiger partial charge in [0.25, 0.3) is 0 Å². The number of carbonyl (C=O) groups is 1. The topological polar surface area (TPSA) is 43.8 Å². The van der Waals surface area contributed by atoms with Crippen LogP contribution in [0, 0.1) is 5.82 Å². The number of rotatable bonds is 4. The first-order valence-electron chi connectivity index (χ1n) is 7.67. The third kappa shape index (κ3) is 3.68. The van der Waals surface area contributed by atoms with Crippen molar-refractivity contribution < 1.29 is 14.3 Å². The predicted octanol–water partition coefficient (Wildman–Crippen LogP) is 2.85. The number of piperazine rings is 1. The Morgan fingerprint density at radius 3 is 2.39 bits per heavy atom. The van der Waals surface area contributed by atoms with Crippen LogP contribution in [0.3, 0.4) is 0 Å². The molecule has 0 atom stereocenters. The lowest BCUT2D eigenvalue weighted by molar-refractivity contribution is 0.0697. The van der Waals surface area contributed by atoms with Crippen molar-refractivity contribution in [2.45, 2.75) is 6.54 Å². The summed E-state index contributed by atoms with van der Waals surface area (Å²) in [6.07, 6.45) is 0. The van der Waals surface area contributed by atoms with Crippen LogP contribution in [0.1, 0.15) is 15.9 Å². The molecule has 0 unspecified atom stereocenters. The van der Waals surface area contributed by atoms with Gasteiger partial charge in [0.2, 0.25) is 0 Å². The van der Waals surface area contributed by atoms with Crippen LogP contribution in [0.2, 0.25) is 0 Å². The quantitative estimate of drug-likeness (QED) is 0.942. The number of hydrogen-bond donors (Lipinski definition) is 1. The van der Waals surface area contributed by atoms with E-state index in [9.17, 15) is 14.3 Å². The first kappa shape index (κ1) is 15.5. The lowest BCUT2D eigenvalue weighted by atomic mass is 10.1. The molecule has 1 aliphatic rings. The molecule has 5 heteroatoms. The molecule has 1 N–H and O–H groups in total. The highest BCUT2D eigenvalue weighted by Crippen LogP contribution is 2.23. The minimum absolute atomic E-state index is 0.0292. The van der Waals surface area contributed by atoms with Crippen LogP contribution in [-0.4, -0.2) is 42.2 Å². The molecular weight excluding hydrogens is 295 g/mol. The van der Waals surface area contributed by atoms with Crippen LogP contribution in [0.5, 0.6) is 0 Å². The first-order chi connectivity index (χ1) is 11.1. The van der Waals surface area contributed by atoms with Crippen molar-refractivity contribution in [3.05, 3.63) is 65.5 Å². The van der Waals surface area contributed by atoms with E-state index in [-0.39, 0.29) is 5.56 Å². The fraction of sp³-hybridized carbons (Fsp3) is 0.278. The van der Waals surface area contributed by atoms with Crippen LogP contribution in [0.25, 0.3) is 0 Å². The van der Waals surface area contributed by atoms with Crippen LogP contribution in [-0.2, 0) is 6.54 Å². The van der Waals surface area contributed by atoms with E-state index < -0.39 is 11.8 Å². The summed E-state index contributed by atoms with van der Waals surface area (Å²) < 4.78 is 13.3. The van der Waals surface area contributed by atoms with E-state index in [1.54, 1.807) is 6.07 Å². The number of anilines is 1. The van der Waals surface area contributed by atoms with Gasteiger partial charge in [-0.25, -0.2) is 9.18 Å². The second-order valence-corrected chi connectivity index (χ2v) is 5.72. The van der Waals surface area contributed by atoms with Crippen molar-refractivity contribution in [2.24, 2.45) is 0 Å². The molecular formula is C18H19FN2O2. The molecule has 0 spiro atoms. The summed E-state index contributed by atoms with van der Waals surface area (Å²) in [6, 6.07) is 14.2. The highest BCUT2D eigenvalue weighted by Gasteiger charge is 2.21. The van der Waals surface area contributed by atoms with Gasteiger partial charge in [0.05, 0.1) is 11.3 Å². The molecule has 4 nitrogen and oxygen atoms in total. The van der Waals surface area contributed by atoms with Crippen molar-refractivity contribution in [1.29, 1.82) is 0 Å². The number of carboxylic acids is 1. The lowest BCUT2D eigenvalue weighted by Crippen LogP contribution is -2.46. The molecule has 1 fully saturated rings. The Hall–Kier alpha value is -2.40. The van der Waals surface area contributed by atoms with E-state index in [0.717, 1.165) is 38.8 Å². The molecule has 0 aliphatic carbocycles. The van der Waals surface area contributed by atoms with Crippen molar-refractivity contribution in [1.82, 2.24) is 4.90 Å². The Kier molecular flexibility index (Phi) is 4.57. The van der Waals surface area contributed by atoms with Crippen molar-refractivity contribution in [2.75, 3.05) is 31.1 Å². The standard InChI is InChI=1S/C18H19FN2O2/c19-15-6-7-17(16(12-15)18(22)23)21-10-8-20(9-11-21)13-14-4-2-1-3-5-14/h1-7,12H,8-11,13H2,(H,22,23). The summed E-state index contributed by atoms with van der Waals surface area (Å²) in [5, 5.41) is 9.26. The summed E-state index contributed by atoms with van der Waals surface area (Å²) in [7, 11) is 0. The van der Waals surface area contributed by atoms with E-state index in [1.807, 2.05) is 23.1 Å². The van der Waals surface area contributed by atoms with Gasteiger partial charge in [-0.3, -0.25) is 4.90 Å². The molecule has 0 aromatic heterocycles. The molecule has 0 bridgehead atoms. The number of aromatic carboxylic acids is 1.